The van der Waals surface area contributed by atoms with Crippen molar-refractivity contribution >= 4 is 16.8 Å². The molecule has 4 rings (SSSR count). The minimum atomic E-state index is -0.236. The van der Waals surface area contributed by atoms with Crippen LogP contribution in [0.15, 0.2) is 18.2 Å². The van der Waals surface area contributed by atoms with E-state index in [4.69, 9.17) is 9.47 Å². The zero-order valence-corrected chi connectivity index (χ0v) is 11.9. The molecule has 1 aromatic heterocycles. The summed E-state index contributed by atoms with van der Waals surface area (Å²) in [5.74, 6) is 0.867. The topological polar surface area (TPSA) is 66.6 Å². The third-order valence-corrected chi connectivity index (χ3v) is 4.36. The molecule has 1 aliphatic heterocycles. The van der Waals surface area contributed by atoms with Gasteiger partial charge in [0.25, 0.3) is 5.91 Å². The maximum absolute atomic E-state index is 11.9. The van der Waals surface area contributed by atoms with Crippen LogP contribution in [0.25, 0.3) is 10.9 Å². The van der Waals surface area contributed by atoms with E-state index in [1.165, 1.54) is 10.9 Å². The average Bonchev–Trinajstić information content (AvgIpc) is 3.29. The standard InChI is InChI=1S/C16H18N2O3/c1-20-9-5-6-12-11(7-9)10-3-2-4-13(15(10)17-12)18-16(19)14-8-21-14/h5-7,13-14,17H,2-4,8H2,1H3,(H,18,19). The summed E-state index contributed by atoms with van der Waals surface area (Å²) in [6, 6.07) is 6.12. The number of carbonyl (C=O) groups is 1. The minimum Gasteiger partial charge on any atom is -0.497 e. The molecule has 2 N–H and O–H groups in total. The van der Waals surface area contributed by atoms with Gasteiger partial charge in [-0.05, 0) is 43.0 Å². The Labute approximate surface area is 122 Å². The Morgan fingerprint density at radius 2 is 2.33 bits per heavy atom. The number of aryl methyl sites for hydroxylation is 1. The molecule has 1 aromatic carbocycles. The first-order valence-corrected chi connectivity index (χ1v) is 7.36. The van der Waals surface area contributed by atoms with Gasteiger partial charge in [0.05, 0.1) is 19.8 Å². The van der Waals surface area contributed by atoms with Crippen molar-refractivity contribution < 1.29 is 14.3 Å². The Morgan fingerprint density at radius 1 is 1.48 bits per heavy atom. The number of benzene rings is 1. The average molecular weight is 286 g/mol. The Balaban J connectivity index is 1.71. The number of ether oxygens (including phenoxy) is 2. The maximum atomic E-state index is 11.9. The Kier molecular flexibility index (Phi) is 2.89. The van der Waals surface area contributed by atoms with Gasteiger partial charge in [-0.2, -0.15) is 0 Å². The van der Waals surface area contributed by atoms with E-state index in [9.17, 15) is 4.79 Å². The largest absolute Gasteiger partial charge is 0.497 e. The van der Waals surface area contributed by atoms with Crippen LogP contribution >= 0.6 is 0 Å². The van der Waals surface area contributed by atoms with Crippen LogP contribution in [0.1, 0.15) is 30.1 Å². The number of aromatic amines is 1. The van der Waals surface area contributed by atoms with Crippen molar-refractivity contribution in [1.82, 2.24) is 10.3 Å². The van der Waals surface area contributed by atoms with Crippen molar-refractivity contribution in [2.75, 3.05) is 13.7 Å². The molecule has 0 radical (unpaired) electrons. The highest BCUT2D eigenvalue weighted by Crippen LogP contribution is 2.36. The molecule has 2 atom stereocenters. The molecule has 0 saturated carbocycles. The van der Waals surface area contributed by atoms with Gasteiger partial charge in [0, 0.05) is 16.6 Å². The van der Waals surface area contributed by atoms with Gasteiger partial charge in [0.1, 0.15) is 5.75 Å². The van der Waals surface area contributed by atoms with Crippen LogP contribution in [-0.2, 0) is 16.0 Å². The van der Waals surface area contributed by atoms with Crippen LogP contribution in [0.2, 0.25) is 0 Å². The van der Waals surface area contributed by atoms with E-state index in [1.807, 2.05) is 12.1 Å². The number of methoxy groups -OCH3 is 1. The summed E-state index contributed by atoms with van der Waals surface area (Å²) in [6.07, 6.45) is 2.84. The van der Waals surface area contributed by atoms with E-state index in [-0.39, 0.29) is 18.1 Å². The summed E-state index contributed by atoms with van der Waals surface area (Å²) in [4.78, 5) is 15.4. The molecular weight excluding hydrogens is 268 g/mol. The van der Waals surface area contributed by atoms with Gasteiger partial charge in [0.2, 0.25) is 0 Å². The zero-order chi connectivity index (χ0) is 14.4. The normalized spacial score (nSPS) is 23.7. The number of fused-ring (bicyclic) bond motifs is 3. The van der Waals surface area contributed by atoms with Crippen molar-refractivity contribution in [3.63, 3.8) is 0 Å². The van der Waals surface area contributed by atoms with Gasteiger partial charge in [-0.15, -0.1) is 0 Å². The first-order valence-electron chi connectivity index (χ1n) is 7.36. The lowest BCUT2D eigenvalue weighted by Gasteiger charge is -2.23. The lowest BCUT2D eigenvalue weighted by atomic mass is 9.91. The summed E-state index contributed by atoms with van der Waals surface area (Å²) in [5, 5.41) is 4.30. The second-order valence-electron chi connectivity index (χ2n) is 5.70. The second kappa shape index (κ2) is 4.77. The molecule has 110 valence electrons. The van der Waals surface area contributed by atoms with Crippen LogP contribution in [0.5, 0.6) is 5.75 Å². The van der Waals surface area contributed by atoms with Gasteiger partial charge in [0.15, 0.2) is 6.10 Å². The molecule has 1 amide bonds. The van der Waals surface area contributed by atoms with Crippen LogP contribution < -0.4 is 10.1 Å². The van der Waals surface area contributed by atoms with Gasteiger partial charge in [-0.3, -0.25) is 4.79 Å². The lowest BCUT2D eigenvalue weighted by molar-refractivity contribution is -0.123. The predicted molar refractivity (Wildman–Crippen MR) is 78.4 cm³/mol. The molecule has 0 spiro atoms. The number of hydrogen-bond acceptors (Lipinski definition) is 3. The smallest absolute Gasteiger partial charge is 0.252 e. The fourth-order valence-electron chi connectivity index (χ4n) is 3.18. The number of amides is 1. The number of rotatable bonds is 3. The highest BCUT2D eigenvalue weighted by Gasteiger charge is 2.34. The third kappa shape index (κ3) is 2.17. The van der Waals surface area contributed by atoms with E-state index in [2.05, 4.69) is 16.4 Å². The van der Waals surface area contributed by atoms with Crippen LogP contribution in [0.3, 0.4) is 0 Å². The summed E-state index contributed by atoms with van der Waals surface area (Å²) in [6.45, 7) is 0.551. The molecule has 2 aromatic rings. The fourth-order valence-corrected chi connectivity index (χ4v) is 3.18. The maximum Gasteiger partial charge on any atom is 0.252 e. The Bertz CT molecular complexity index is 703. The quantitative estimate of drug-likeness (QED) is 0.849. The van der Waals surface area contributed by atoms with Gasteiger partial charge in [-0.25, -0.2) is 0 Å². The number of H-pyrrole nitrogens is 1. The molecule has 2 heterocycles. The molecule has 2 aliphatic rings. The highest BCUT2D eigenvalue weighted by molar-refractivity contribution is 5.87. The molecule has 1 saturated heterocycles. The second-order valence-corrected chi connectivity index (χ2v) is 5.70. The summed E-state index contributed by atoms with van der Waals surface area (Å²) >= 11 is 0. The molecule has 5 nitrogen and oxygen atoms in total. The predicted octanol–water partition coefficient (Wildman–Crippen LogP) is 2.07. The number of epoxide rings is 1. The van der Waals surface area contributed by atoms with Crippen molar-refractivity contribution in [3.05, 3.63) is 29.5 Å². The highest BCUT2D eigenvalue weighted by atomic mass is 16.6. The zero-order valence-electron chi connectivity index (χ0n) is 11.9. The summed E-state index contributed by atoms with van der Waals surface area (Å²) < 4.78 is 10.4. The van der Waals surface area contributed by atoms with Gasteiger partial charge in [-0.1, -0.05) is 0 Å². The minimum absolute atomic E-state index is 0.00378. The van der Waals surface area contributed by atoms with E-state index >= 15 is 0 Å². The van der Waals surface area contributed by atoms with Crippen LogP contribution in [0.4, 0.5) is 0 Å². The van der Waals surface area contributed by atoms with E-state index in [0.29, 0.717) is 6.61 Å². The number of nitrogens with one attached hydrogen (secondary N) is 2. The first kappa shape index (κ1) is 12.7. The van der Waals surface area contributed by atoms with Crippen LogP contribution in [-0.4, -0.2) is 30.7 Å². The lowest BCUT2D eigenvalue weighted by Crippen LogP contribution is -2.34. The molecule has 21 heavy (non-hydrogen) atoms. The molecule has 1 aliphatic carbocycles. The molecular formula is C16H18N2O3. The van der Waals surface area contributed by atoms with Crippen molar-refractivity contribution in [3.8, 4) is 5.75 Å². The van der Waals surface area contributed by atoms with Gasteiger partial charge < -0.3 is 19.8 Å². The van der Waals surface area contributed by atoms with Crippen molar-refractivity contribution in [2.24, 2.45) is 0 Å². The third-order valence-electron chi connectivity index (χ3n) is 4.36. The monoisotopic (exact) mass is 286 g/mol. The summed E-state index contributed by atoms with van der Waals surface area (Å²) in [5.41, 5.74) is 3.54. The number of aromatic nitrogens is 1. The van der Waals surface area contributed by atoms with E-state index in [1.54, 1.807) is 7.11 Å². The van der Waals surface area contributed by atoms with Crippen molar-refractivity contribution in [1.29, 1.82) is 0 Å². The molecule has 2 unspecified atom stereocenters. The van der Waals surface area contributed by atoms with E-state index < -0.39 is 0 Å². The molecule has 1 fully saturated rings. The molecule has 5 heteroatoms. The first-order chi connectivity index (χ1) is 10.3. The Hall–Kier alpha value is -2.01. The van der Waals surface area contributed by atoms with Gasteiger partial charge >= 0.3 is 0 Å². The Morgan fingerprint density at radius 3 is 3.10 bits per heavy atom. The SMILES string of the molecule is COc1ccc2[nH]c3c(c2c1)CCCC3NC(=O)C1CO1. The van der Waals surface area contributed by atoms with E-state index in [0.717, 1.165) is 36.2 Å². The fraction of sp³-hybridized carbons (Fsp3) is 0.438. The van der Waals surface area contributed by atoms with Crippen LogP contribution in [0, 0.1) is 0 Å². The summed E-state index contributed by atoms with van der Waals surface area (Å²) in [7, 11) is 1.68. The number of hydrogen-bond donors (Lipinski definition) is 2. The number of carbonyl (C=O) groups excluding carboxylic acids is 1. The van der Waals surface area contributed by atoms with Crippen molar-refractivity contribution in [2.45, 2.75) is 31.4 Å². The molecule has 0 bridgehead atoms.